The number of halogens is 1. The van der Waals surface area contributed by atoms with Gasteiger partial charge in [0.2, 0.25) is 5.91 Å². The molecule has 1 heterocycles. The standard InChI is InChI=1S/C15H19ClN2O2/c1-11(2)18(9-5-8-16)15(19)10-13-12-6-3-4-7-14(12)20-17-13/h3-4,6-7,11H,5,8-10H2,1-2H3. The first-order valence-corrected chi connectivity index (χ1v) is 7.35. The number of hydrogen-bond donors (Lipinski definition) is 0. The van der Waals surface area contributed by atoms with Gasteiger partial charge < -0.3 is 9.42 Å². The molecule has 2 rings (SSSR count). The Labute approximate surface area is 123 Å². The van der Waals surface area contributed by atoms with E-state index in [1.807, 2.05) is 43.0 Å². The molecular formula is C15H19ClN2O2. The first-order valence-electron chi connectivity index (χ1n) is 6.82. The van der Waals surface area contributed by atoms with Crippen LogP contribution in [0.15, 0.2) is 28.8 Å². The summed E-state index contributed by atoms with van der Waals surface area (Å²) in [4.78, 5) is 14.2. The van der Waals surface area contributed by atoms with E-state index < -0.39 is 0 Å². The van der Waals surface area contributed by atoms with Crippen LogP contribution in [0.1, 0.15) is 26.0 Å². The Morgan fingerprint density at radius 2 is 2.15 bits per heavy atom. The van der Waals surface area contributed by atoms with Crippen molar-refractivity contribution in [3.05, 3.63) is 30.0 Å². The highest BCUT2D eigenvalue weighted by molar-refractivity contribution is 6.17. The maximum Gasteiger partial charge on any atom is 0.228 e. The molecular weight excluding hydrogens is 276 g/mol. The number of carbonyl (C=O) groups is 1. The van der Waals surface area contributed by atoms with Gasteiger partial charge in [0.15, 0.2) is 5.58 Å². The van der Waals surface area contributed by atoms with E-state index in [0.29, 0.717) is 23.7 Å². The summed E-state index contributed by atoms with van der Waals surface area (Å²) in [6.45, 7) is 4.69. The summed E-state index contributed by atoms with van der Waals surface area (Å²) >= 11 is 5.71. The third kappa shape index (κ3) is 3.31. The highest BCUT2D eigenvalue weighted by atomic mass is 35.5. The molecule has 0 fully saturated rings. The molecule has 20 heavy (non-hydrogen) atoms. The van der Waals surface area contributed by atoms with Gasteiger partial charge in [0, 0.05) is 23.9 Å². The van der Waals surface area contributed by atoms with E-state index in [4.69, 9.17) is 16.1 Å². The molecule has 0 radical (unpaired) electrons. The van der Waals surface area contributed by atoms with E-state index in [0.717, 1.165) is 11.8 Å². The van der Waals surface area contributed by atoms with E-state index in [9.17, 15) is 4.79 Å². The number of amides is 1. The van der Waals surface area contributed by atoms with Crippen LogP contribution in [0.5, 0.6) is 0 Å². The van der Waals surface area contributed by atoms with Crippen LogP contribution >= 0.6 is 11.6 Å². The van der Waals surface area contributed by atoms with E-state index in [-0.39, 0.29) is 18.4 Å². The minimum Gasteiger partial charge on any atom is -0.356 e. The van der Waals surface area contributed by atoms with Crippen LogP contribution in [-0.4, -0.2) is 34.4 Å². The smallest absolute Gasteiger partial charge is 0.228 e. The van der Waals surface area contributed by atoms with Gasteiger partial charge >= 0.3 is 0 Å². The second kappa shape index (κ2) is 6.75. The predicted molar refractivity (Wildman–Crippen MR) is 79.9 cm³/mol. The largest absolute Gasteiger partial charge is 0.356 e. The number of alkyl halides is 1. The lowest BCUT2D eigenvalue weighted by molar-refractivity contribution is -0.132. The Kier molecular flexibility index (Phi) is 5.01. The molecule has 2 aromatic rings. The molecule has 0 spiro atoms. The number of aromatic nitrogens is 1. The topological polar surface area (TPSA) is 46.3 Å². The first-order chi connectivity index (χ1) is 9.63. The number of hydrogen-bond acceptors (Lipinski definition) is 3. The van der Waals surface area contributed by atoms with Gasteiger partial charge in [-0.25, -0.2) is 0 Å². The summed E-state index contributed by atoms with van der Waals surface area (Å²) in [6.07, 6.45) is 1.06. The Balaban J connectivity index is 2.13. The van der Waals surface area contributed by atoms with Crippen LogP contribution < -0.4 is 0 Å². The van der Waals surface area contributed by atoms with Gasteiger partial charge in [0.25, 0.3) is 0 Å². The Morgan fingerprint density at radius 1 is 1.40 bits per heavy atom. The Hall–Kier alpha value is -1.55. The number of nitrogens with zero attached hydrogens (tertiary/aromatic N) is 2. The minimum atomic E-state index is 0.0594. The Morgan fingerprint density at radius 3 is 2.85 bits per heavy atom. The fourth-order valence-corrected chi connectivity index (χ4v) is 2.33. The molecule has 0 bridgehead atoms. The van der Waals surface area contributed by atoms with Crippen molar-refractivity contribution < 1.29 is 9.32 Å². The molecule has 0 aliphatic rings. The van der Waals surface area contributed by atoms with Crippen molar-refractivity contribution in [2.45, 2.75) is 32.7 Å². The third-order valence-electron chi connectivity index (χ3n) is 3.25. The number of carbonyl (C=O) groups excluding carboxylic acids is 1. The van der Waals surface area contributed by atoms with Crippen molar-refractivity contribution in [3.63, 3.8) is 0 Å². The summed E-state index contributed by atoms with van der Waals surface area (Å²) < 4.78 is 5.23. The van der Waals surface area contributed by atoms with Crippen LogP contribution in [0.2, 0.25) is 0 Å². The van der Waals surface area contributed by atoms with E-state index in [1.54, 1.807) is 0 Å². The zero-order valence-corrected chi connectivity index (χ0v) is 12.6. The van der Waals surface area contributed by atoms with Crippen LogP contribution in [0, 0.1) is 0 Å². The van der Waals surface area contributed by atoms with E-state index >= 15 is 0 Å². The summed E-state index contributed by atoms with van der Waals surface area (Å²) in [7, 11) is 0. The van der Waals surface area contributed by atoms with Crippen molar-refractivity contribution in [1.29, 1.82) is 0 Å². The quantitative estimate of drug-likeness (QED) is 0.768. The molecule has 0 aliphatic carbocycles. The normalized spacial score (nSPS) is 11.2. The molecule has 1 amide bonds. The molecule has 1 aromatic carbocycles. The molecule has 0 atom stereocenters. The van der Waals surface area contributed by atoms with Crippen molar-refractivity contribution in [1.82, 2.24) is 10.1 Å². The van der Waals surface area contributed by atoms with Gasteiger partial charge in [-0.15, -0.1) is 11.6 Å². The highest BCUT2D eigenvalue weighted by Crippen LogP contribution is 2.19. The second-order valence-electron chi connectivity index (χ2n) is 5.03. The lowest BCUT2D eigenvalue weighted by Gasteiger charge is -2.26. The van der Waals surface area contributed by atoms with Crippen molar-refractivity contribution in [3.8, 4) is 0 Å². The second-order valence-corrected chi connectivity index (χ2v) is 5.40. The van der Waals surface area contributed by atoms with Crippen LogP contribution in [0.4, 0.5) is 0 Å². The van der Waals surface area contributed by atoms with E-state index in [1.165, 1.54) is 0 Å². The zero-order valence-electron chi connectivity index (χ0n) is 11.8. The van der Waals surface area contributed by atoms with Gasteiger partial charge in [-0.05, 0) is 32.4 Å². The molecule has 0 N–H and O–H groups in total. The van der Waals surface area contributed by atoms with Gasteiger partial charge in [-0.3, -0.25) is 4.79 Å². The number of para-hydroxylation sites is 1. The van der Waals surface area contributed by atoms with Crippen LogP contribution in [0.3, 0.4) is 0 Å². The average molecular weight is 295 g/mol. The van der Waals surface area contributed by atoms with Crippen molar-refractivity contribution in [2.75, 3.05) is 12.4 Å². The predicted octanol–water partition coefficient (Wildman–Crippen LogP) is 3.24. The van der Waals surface area contributed by atoms with Crippen LogP contribution in [0.25, 0.3) is 11.0 Å². The minimum absolute atomic E-state index is 0.0594. The average Bonchev–Trinajstić information content (AvgIpc) is 2.82. The first kappa shape index (κ1) is 14.9. The molecule has 0 aliphatic heterocycles. The molecule has 0 saturated carbocycles. The lowest BCUT2D eigenvalue weighted by Crippen LogP contribution is -2.38. The molecule has 4 nitrogen and oxygen atoms in total. The lowest BCUT2D eigenvalue weighted by atomic mass is 10.1. The number of benzene rings is 1. The number of rotatable bonds is 6. The van der Waals surface area contributed by atoms with Crippen molar-refractivity contribution in [2.24, 2.45) is 0 Å². The fraction of sp³-hybridized carbons (Fsp3) is 0.467. The zero-order chi connectivity index (χ0) is 14.5. The van der Waals surface area contributed by atoms with Gasteiger partial charge in [0.05, 0.1) is 6.42 Å². The SMILES string of the molecule is CC(C)N(CCCCl)C(=O)Cc1noc2ccccc12. The molecule has 0 saturated heterocycles. The van der Waals surface area contributed by atoms with E-state index in [2.05, 4.69) is 5.16 Å². The third-order valence-corrected chi connectivity index (χ3v) is 3.51. The number of fused-ring (bicyclic) bond motifs is 1. The van der Waals surface area contributed by atoms with Gasteiger partial charge in [-0.2, -0.15) is 0 Å². The summed E-state index contributed by atoms with van der Waals surface area (Å²) in [5, 5.41) is 4.91. The Bertz CT molecular complexity index is 580. The fourth-order valence-electron chi connectivity index (χ4n) is 2.21. The summed E-state index contributed by atoms with van der Waals surface area (Å²) in [6, 6.07) is 7.74. The maximum atomic E-state index is 12.4. The highest BCUT2D eigenvalue weighted by Gasteiger charge is 2.19. The molecule has 108 valence electrons. The van der Waals surface area contributed by atoms with Crippen molar-refractivity contribution >= 4 is 28.5 Å². The molecule has 5 heteroatoms. The molecule has 1 aromatic heterocycles. The summed E-state index contributed by atoms with van der Waals surface area (Å²) in [5.74, 6) is 0.618. The monoisotopic (exact) mass is 294 g/mol. The van der Waals surface area contributed by atoms with Gasteiger partial charge in [0.1, 0.15) is 5.69 Å². The maximum absolute atomic E-state index is 12.4. The summed E-state index contributed by atoms with van der Waals surface area (Å²) in [5.41, 5.74) is 1.41. The van der Waals surface area contributed by atoms with Gasteiger partial charge in [-0.1, -0.05) is 17.3 Å². The molecule has 0 unspecified atom stereocenters. The van der Waals surface area contributed by atoms with Crippen LogP contribution in [-0.2, 0) is 11.2 Å².